The zero-order valence-corrected chi connectivity index (χ0v) is 12.8. The van der Waals surface area contributed by atoms with E-state index in [1.807, 2.05) is 25.4 Å². The Bertz CT molecular complexity index is 702. The summed E-state index contributed by atoms with van der Waals surface area (Å²) in [6.45, 7) is 0.874. The number of imidazole rings is 2. The Balaban J connectivity index is 1.64. The maximum absolute atomic E-state index is 4.61. The standard InChI is InChI=1S/C14H16BrN5/c1-20-12-5-4-10(15)9-11(12)19-14(20)18-6-2-3-13-16-7-8-17-13/h4-5,7-9H,2-3,6H2,1H3,(H,16,17)(H,18,19). The smallest absolute Gasteiger partial charge is 0.203 e. The van der Waals surface area contributed by atoms with Gasteiger partial charge in [0, 0.05) is 36.9 Å². The number of rotatable bonds is 5. The van der Waals surface area contributed by atoms with Gasteiger partial charge in [-0.1, -0.05) is 15.9 Å². The molecule has 0 bridgehead atoms. The highest BCUT2D eigenvalue weighted by Gasteiger charge is 2.07. The quantitative estimate of drug-likeness (QED) is 0.705. The van der Waals surface area contributed by atoms with Crippen molar-refractivity contribution in [3.63, 3.8) is 0 Å². The van der Waals surface area contributed by atoms with Gasteiger partial charge in [-0.2, -0.15) is 0 Å². The predicted octanol–water partition coefficient (Wildman–Crippen LogP) is 3.10. The summed E-state index contributed by atoms with van der Waals surface area (Å²) in [5, 5.41) is 3.38. The summed E-state index contributed by atoms with van der Waals surface area (Å²) in [6, 6.07) is 6.13. The normalized spacial score (nSPS) is 11.1. The Labute approximate surface area is 125 Å². The number of hydrogen-bond acceptors (Lipinski definition) is 3. The zero-order valence-electron chi connectivity index (χ0n) is 11.2. The molecule has 3 aromatic rings. The first-order valence-corrected chi connectivity index (χ1v) is 7.37. The van der Waals surface area contributed by atoms with Gasteiger partial charge in [0.2, 0.25) is 5.95 Å². The fourth-order valence-corrected chi connectivity index (χ4v) is 2.57. The van der Waals surface area contributed by atoms with Crippen LogP contribution in [0.4, 0.5) is 5.95 Å². The van der Waals surface area contributed by atoms with Crippen molar-refractivity contribution in [2.45, 2.75) is 12.8 Å². The van der Waals surface area contributed by atoms with Crippen molar-refractivity contribution in [2.24, 2.45) is 7.05 Å². The summed E-state index contributed by atoms with van der Waals surface area (Å²) >= 11 is 3.47. The van der Waals surface area contributed by atoms with Crippen LogP contribution in [0, 0.1) is 0 Å². The number of aromatic amines is 1. The third-order valence-electron chi connectivity index (χ3n) is 3.27. The van der Waals surface area contributed by atoms with Crippen LogP contribution >= 0.6 is 15.9 Å². The summed E-state index contributed by atoms with van der Waals surface area (Å²) in [5.41, 5.74) is 2.12. The van der Waals surface area contributed by atoms with E-state index in [1.165, 1.54) is 0 Å². The second kappa shape index (κ2) is 5.66. The highest BCUT2D eigenvalue weighted by Crippen LogP contribution is 2.22. The molecule has 2 heterocycles. The van der Waals surface area contributed by atoms with E-state index >= 15 is 0 Å². The fourth-order valence-electron chi connectivity index (χ4n) is 2.22. The summed E-state index contributed by atoms with van der Waals surface area (Å²) in [7, 11) is 2.03. The van der Waals surface area contributed by atoms with Gasteiger partial charge in [-0.25, -0.2) is 9.97 Å². The highest BCUT2D eigenvalue weighted by atomic mass is 79.9. The van der Waals surface area contributed by atoms with E-state index in [-0.39, 0.29) is 0 Å². The molecule has 0 unspecified atom stereocenters. The van der Waals surface area contributed by atoms with Gasteiger partial charge in [0.1, 0.15) is 5.82 Å². The van der Waals surface area contributed by atoms with Crippen LogP contribution in [0.15, 0.2) is 35.1 Å². The number of fused-ring (bicyclic) bond motifs is 1. The largest absolute Gasteiger partial charge is 0.356 e. The molecule has 2 aromatic heterocycles. The van der Waals surface area contributed by atoms with Gasteiger partial charge in [0.15, 0.2) is 0 Å². The summed E-state index contributed by atoms with van der Waals surface area (Å²) in [5.74, 6) is 1.93. The molecule has 0 saturated carbocycles. The lowest BCUT2D eigenvalue weighted by atomic mass is 10.3. The van der Waals surface area contributed by atoms with E-state index in [4.69, 9.17) is 0 Å². The summed E-state index contributed by atoms with van der Waals surface area (Å²) in [6.07, 6.45) is 5.59. The highest BCUT2D eigenvalue weighted by molar-refractivity contribution is 9.10. The van der Waals surface area contributed by atoms with Crippen LogP contribution in [0.3, 0.4) is 0 Å². The molecule has 0 spiro atoms. The van der Waals surface area contributed by atoms with E-state index in [2.05, 4.69) is 46.8 Å². The first-order valence-electron chi connectivity index (χ1n) is 6.58. The van der Waals surface area contributed by atoms with Crippen molar-refractivity contribution in [3.8, 4) is 0 Å². The Morgan fingerprint density at radius 3 is 3.10 bits per heavy atom. The maximum Gasteiger partial charge on any atom is 0.203 e. The number of benzene rings is 1. The summed E-state index contributed by atoms with van der Waals surface area (Å²) in [4.78, 5) is 11.9. The molecule has 0 radical (unpaired) electrons. The van der Waals surface area contributed by atoms with Crippen LogP contribution in [-0.4, -0.2) is 26.1 Å². The molecule has 0 aliphatic carbocycles. The molecule has 0 amide bonds. The van der Waals surface area contributed by atoms with Crippen molar-refractivity contribution >= 4 is 32.9 Å². The molecule has 0 aliphatic heterocycles. The molecule has 2 N–H and O–H groups in total. The van der Waals surface area contributed by atoms with Gasteiger partial charge < -0.3 is 14.9 Å². The van der Waals surface area contributed by atoms with Crippen LogP contribution in [0.5, 0.6) is 0 Å². The Hall–Kier alpha value is -1.82. The molecular formula is C14H16BrN5. The molecule has 20 heavy (non-hydrogen) atoms. The van der Waals surface area contributed by atoms with Gasteiger partial charge in [0.25, 0.3) is 0 Å². The number of hydrogen-bond donors (Lipinski definition) is 2. The van der Waals surface area contributed by atoms with E-state index in [1.54, 1.807) is 6.20 Å². The number of halogens is 1. The molecule has 5 nitrogen and oxygen atoms in total. The number of aryl methyl sites for hydroxylation is 2. The van der Waals surface area contributed by atoms with Gasteiger partial charge in [0.05, 0.1) is 11.0 Å². The summed E-state index contributed by atoms with van der Waals surface area (Å²) < 4.78 is 3.13. The van der Waals surface area contributed by atoms with E-state index < -0.39 is 0 Å². The third-order valence-corrected chi connectivity index (χ3v) is 3.76. The molecule has 104 valence electrons. The zero-order chi connectivity index (χ0) is 13.9. The topological polar surface area (TPSA) is 58.5 Å². The second-order valence-corrected chi connectivity index (χ2v) is 5.61. The fraction of sp³-hybridized carbons (Fsp3) is 0.286. The molecule has 0 aliphatic rings. The molecule has 6 heteroatoms. The third kappa shape index (κ3) is 2.70. The van der Waals surface area contributed by atoms with Gasteiger partial charge >= 0.3 is 0 Å². The molecule has 0 saturated heterocycles. The lowest BCUT2D eigenvalue weighted by Gasteiger charge is -2.05. The van der Waals surface area contributed by atoms with Crippen LogP contribution in [0.1, 0.15) is 12.2 Å². The Morgan fingerprint density at radius 1 is 1.40 bits per heavy atom. The monoisotopic (exact) mass is 333 g/mol. The van der Waals surface area contributed by atoms with Crippen molar-refractivity contribution in [1.29, 1.82) is 0 Å². The van der Waals surface area contributed by atoms with Gasteiger partial charge in [-0.15, -0.1) is 0 Å². The van der Waals surface area contributed by atoms with Crippen LogP contribution in [0.25, 0.3) is 11.0 Å². The van der Waals surface area contributed by atoms with Crippen molar-refractivity contribution in [2.75, 3.05) is 11.9 Å². The molecule has 3 rings (SSSR count). The number of aromatic nitrogens is 4. The molecule has 0 atom stereocenters. The first kappa shape index (κ1) is 13.2. The number of anilines is 1. The second-order valence-electron chi connectivity index (χ2n) is 4.69. The molecular weight excluding hydrogens is 318 g/mol. The van der Waals surface area contributed by atoms with E-state index in [0.29, 0.717) is 0 Å². The maximum atomic E-state index is 4.61. The van der Waals surface area contributed by atoms with E-state index in [9.17, 15) is 0 Å². The van der Waals surface area contributed by atoms with Crippen LogP contribution in [0.2, 0.25) is 0 Å². The SMILES string of the molecule is Cn1c(NCCCc2ncc[nH]2)nc2cc(Br)ccc21. The molecule has 0 fully saturated rings. The Kier molecular flexibility index (Phi) is 3.73. The van der Waals surface area contributed by atoms with Crippen molar-refractivity contribution < 1.29 is 0 Å². The molecule has 1 aromatic carbocycles. The first-order chi connectivity index (χ1) is 9.74. The minimum absolute atomic E-state index is 0.874. The lowest BCUT2D eigenvalue weighted by molar-refractivity contribution is 0.803. The van der Waals surface area contributed by atoms with Crippen LogP contribution in [-0.2, 0) is 13.5 Å². The minimum atomic E-state index is 0.874. The van der Waals surface area contributed by atoms with Gasteiger partial charge in [-0.3, -0.25) is 0 Å². The minimum Gasteiger partial charge on any atom is -0.356 e. The lowest BCUT2D eigenvalue weighted by Crippen LogP contribution is -2.07. The van der Waals surface area contributed by atoms with E-state index in [0.717, 1.165) is 46.7 Å². The van der Waals surface area contributed by atoms with Gasteiger partial charge in [-0.05, 0) is 24.6 Å². The Morgan fingerprint density at radius 2 is 2.30 bits per heavy atom. The van der Waals surface area contributed by atoms with Crippen molar-refractivity contribution in [1.82, 2.24) is 19.5 Å². The average Bonchev–Trinajstić information content (AvgIpc) is 3.04. The van der Waals surface area contributed by atoms with Crippen molar-refractivity contribution in [3.05, 3.63) is 40.9 Å². The number of nitrogens with zero attached hydrogens (tertiary/aromatic N) is 3. The average molecular weight is 334 g/mol. The van der Waals surface area contributed by atoms with Crippen LogP contribution < -0.4 is 5.32 Å². The number of nitrogens with one attached hydrogen (secondary N) is 2. The number of H-pyrrole nitrogens is 1. The predicted molar refractivity (Wildman–Crippen MR) is 83.8 cm³/mol.